The number of allylic oxidation sites excluding steroid dienone is 4. The van der Waals surface area contributed by atoms with Gasteiger partial charge in [0.05, 0.1) is 10.9 Å². The first-order chi connectivity index (χ1) is 25.0. The van der Waals surface area contributed by atoms with E-state index in [1.807, 2.05) is 0 Å². The summed E-state index contributed by atoms with van der Waals surface area (Å²) in [4.78, 5) is 10.1. The molecule has 52 heavy (non-hydrogen) atoms. The van der Waals surface area contributed by atoms with Gasteiger partial charge in [-0.25, -0.2) is 0 Å². The van der Waals surface area contributed by atoms with E-state index in [9.17, 15) is 0 Å². The van der Waals surface area contributed by atoms with Crippen molar-refractivity contribution in [2.75, 3.05) is 0 Å². The minimum atomic E-state index is -0.620. The molecule has 0 saturated carbocycles. The van der Waals surface area contributed by atoms with Gasteiger partial charge in [-0.15, -0.1) is 0 Å². The summed E-state index contributed by atoms with van der Waals surface area (Å²) in [6.07, 6.45) is 7.46. The summed E-state index contributed by atoms with van der Waals surface area (Å²) in [5.41, 5.74) is 4.76. The van der Waals surface area contributed by atoms with Crippen molar-refractivity contribution in [1.29, 1.82) is 0 Å². The fourth-order valence-corrected chi connectivity index (χ4v) is 10.3. The van der Waals surface area contributed by atoms with Crippen molar-refractivity contribution >= 4 is 47.9 Å². The predicted octanol–water partition coefficient (Wildman–Crippen LogP) is 9.65. The van der Waals surface area contributed by atoms with E-state index in [1.165, 1.54) is 36.3 Å². The normalized spacial score (nSPS) is 12.4. The topological polar surface area (TPSA) is 25.8 Å². The molecule has 0 N–H and O–H groups in total. The second-order valence-electron chi connectivity index (χ2n) is 14.5. The summed E-state index contributed by atoms with van der Waals surface area (Å²) in [5.74, 6) is 0. The summed E-state index contributed by atoms with van der Waals surface area (Å²) >= 11 is 2.59. The molecule has 0 radical (unpaired) electrons. The quantitative estimate of drug-likeness (QED) is 0.124. The molecule has 5 heteroatoms. The van der Waals surface area contributed by atoms with Gasteiger partial charge in [-0.1, -0.05) is 175 Å². The van der Waals surface area contributed by atoms with Crippen molar-refractivity contribution in [2.24, 2.45) is 0 Å². The van der Waals surface area contributed by atoms with Crippen molar-refractivity contribution in [2.45, 2.75) is 58.8 Å². The van der Waals surface area contributed by atoms with Crippen molar-refractivity contribution < 1.29 is 18.3 Å². The average molecular weight is 805 g/mol. The van der Waals surface area contributed by atoms with Gasteiger partial charge in [0.2, 0.25) is 0 Å². The molecular weight excluding hydrogens is 756 g/mol. The molecule has 1 aliphatic carbocycles. The van der Waals surface area contributed by atoms with Crippen LogP contribution in [0.3, 0.4) is 0 Å². The van der Waals surface area contributed by atoms with Gasteiger partial charge in [-0.3, -0.25) is 9.97 Å². The molecular formula is C47H49N2P2Ru. The number of hydrogen-bond donors (Lipinski definition) is 0. The van der Waals surface area contributed by atoms with Crippen LogP contribution in [-0.4, -0.2) is 9.97 Å². The number of pyridine rings is 2. The third kappa shape index (κ3) is 11.3. The summed E-state index contributed by atoms with van der Waals surface area (Å²) in [6.45, 7) is 13.3. The number of benzene rings is 4. The number of aromatic nitrogens is 2. The molecule has 0 aliphatic heterocycles. The van der Waals surface area contributed by atoms with Gasteiger partial charge in [0, 0.05) is 38.1 Å². The van der Waals surface area contributed by atoms with Crippen LogP contribution in [0.4, 0.5) is 0 Å². The predicted molar refractivity (Wildman–Crippen MR) is 225 cm³/mol. The molecule has 0 unspecified atom stereocenters. The van der Waals surface area contributed by atoms with Gasteiger partial charge >= 0.3 is 47.1 Å². The Hall–Kier alpha value is -3.86. The van der Waals surface area contributed by atoms with Crippen LogP contribution in [0.2, 0.25) is 0 Å². The van der Waals surface area contributed by atoms with Crippen molar-refractivity contribution in [3.8, 4) is 0 Å². The van der Waals surface area contributed by atoms with E-state index in [-0.39, 0.29) is 10.8 Å². The van der Waals surface area contributed by atoms with Crippen LogP contribution in [0.1, 0.15) is 59.4 Å². The molecule has 2 aromatic heterocycles. The molecule has 0 atom stereocenters. The Morgan fingerprint density at radius 3 is 1.00 bits per heavy atom. The minimum absolute atomic E-state index is 0.0599. The van der Waals surface area contributed by atoms with Crippen molar-refractivity contribution in [1.82, 2.24) is 9.97 Å². The monoisotopic (exact) mass is 805 g/mol. The molecule has 6 aromatic rings. The van der Waals surface area contributed by atoms with Gasteiger partial charge in [0.25, 0.3) is 0 Å². The van der Waals surface area contributed by atoms with E-state index in [2.05, 4.69) is 236 Å². The van der Waals surface area contributed by atoms with Gasteiger partial charge in [-0.05, 0) is 45.5 Å². The van der Waals surface area contributed by atoms with E-state index >= 15 is 0 Å². The zero-order chi connectivity index (χ0) is 37.0. The van der Waals surface area contributed by atoms with E-state index in [0.717, 1.165) is 17.8 Å². The maximum atomic E-state index is 5.03. The SMILES string of the molecule is CC(C)(C)c1cccc(P(c2ccccc2)c2ccccc2)n1.CC(C)(C)c1cccc(P(c2ccccc2)c2ccccc2)n1.[Ru][C]1=CC=CC1. The van der Waals surface area contributed by atoms with Gasteiger partial charge in [-0.2, -0.15) is 0 Å². The van der Waals surface area contributed by atoms with E-state index in [4.69, 9.17) is 9.97 Å². The fraction of sp³-hybridized carbons (Fsp3) is 0.191. The van der Waals surface area contributed by atoms with E-state index in [1.54, 1.807) is 0 Å². The molecule has 1 aliphatic rings. The first-order valence-electron chi connectivity index (χ1n) is 17.8. The molecule has 265 valence electrons. The molecule has 4 aromatic carbocycles. The Bertz CT molecular complexity index is 1820. The molecule has 2 heterocycles. The molecule has 0 fully saturated rings. The molecule has 7 rings (SSSR count). The zero-order valence-electron chi connectivity index (χ0n) is 31.1. The number of nitrogens with zero attached hydrogens (tertiary/aromatic N) is 2. The Labute approximate surface area is 324 Å². The Balaban J connectivity index is 0.000000173. The average Bonchev–Trinajstić information content (AvgIpc) is 3.65. The molecule has 0 amide bonds. The molecule has 0 bridgehead atoms. The standard InChI is InChI=1S/2C21H22NP.C5H5.Ru/c2*1-21(2,3)19-15-10-16-20(22-19)23(17-11-6-4-7-12-17)18-13-8-5-9-14-18;1-2-4-5-3-1;/h2*4-16H,1-3H3;1-3H,4H2;. The van der Waals surface area contributed by atoms with Gasteiger partial charge < -0.3 is 0 Å². The third-order valence-electron chi connectivity index (χ3n) is 8.24. The number of rotatable bonds is 6. The van der Waals surface area contributed by atoms with Crippen LogP contribution in [0.25, 0.3) is 0 Å². The van der Waals surface area contributed by atoms with Crippen LogP contribution < -0.4 is 32.1 Å². The second-order valence-corrected chi connectivity index (χ2v) is 19.9. The van der Waals surface area contributed by atoms with Crippen molar-refractivity contribution in [3.05, 3.63) is 192 Å². The van der Waals surface area contributed by atoms with Crippen molar-refractivity contribution in [3.63, 3.8) is 0 Å². The zero-order valence-corrected chi connectivity index (χ0v) is 34.6. The van der Waals surface area contributed by atoms with Crippen LogP contribution in [0.15, 0.2) is 180 Å². The number of hydrogen-bond acceptors (Lipinski definition) is 2. The fourth-order valence-electron chi connectivity index (χ4n) is 5.48. The van der Waals surface area contributed by atoms with E-state index < -0.39 is 15.8 Å². The Kier molecular flexibility index (Phi) is 14.2. The summed E-state index contributed by atoms with van der Waals surface area (Å²) in [7, 11) is -1.24. The molecule has 0 spiro atoms. The van der Waals surface area contributed by atoms with Gasteiger partial charge in [0.1, 0.15) is 0 Å². The summed E-state index contributed by atoms with van der Waals surface area (Å²) in [6, 6.07) is 55.8. The molecule has 2 nitrogen and oxygen atoms in total. The maximum absolute atomic E-state index is 5.03. The summed E-state index contributed by atoms with van der Waals surface area (Å²) < 4.78 is 1.40. The summed E-state index contributed by atoms with van der Waals surface area (Å²) in [5, 5.41) is 5.36. The Morgan fingerprint density at radius 2 is 0.769 bits per heavy atom. The third-order valence-corrected chi connectivity index (χ3v) is 13.6. The second kappa shape index (κ2) is 18.8. The Morgan fingerprint density at radius 1 is 0.442 bits per heavy atom. The van der Waals surface area contributed by atoms with Crippen LogP contribution >= 0.6 is 15.8 Å². The van der Waals surface area contributed by atoms with Crippen LogP contribution in [0, 0.1) is 0 Å². The first-order valence-corrected chi connectivity index (χ1v) is 21.3. The van der Waals surface area contributed by atoms with Gasteiger partial charge in [0.15, 0.2) is 0 Å². The first kappa shape index (κ1) is 39.4. The van der Waals surface area contributed by atoms with Crippen LogP contribution in [-0.2, 0) is 29.1 Å². The van der Waals surface area contributed by atoms with Crippen LogP contribution in [0.5, 0.6) is 0 Å². The van der Waals surface area contributed by atoms with E-state index in [0.29, 0.717) is 0 Å². The molecule has 0 saturated heterocycles.